The van der Waals surface area contributed by atoms with Crippen molar-refractivity contribution in [3.8, 4) is 0 Å². The molecule has 0 bridgehead atoms. The molecular weight excluding hydrogens is 224 g/mol. The summed E-state index contributed by atoms with van der Waals surface area (Å²) in [5, 5.41) is 0. The number of benzene rings is 1. The number of hydrogen-bond acceptors (Lipinski definition) is 3. The number of likely N-dealkylation sites (N-methyl/N-ethyl adjacent to an activating group) is 1. The van der Waals surface area contributed by atoms with Gasteiger partial charge in [-0.25, -0.2) is 8.42 Å². The van der Waals surface area contributed by atoms with Crippen LogP contribution in [-0.2, 0) is 10.0 Å². The summed E-state index contributed by atoms with van der Waals surface area (Å²) in [4.78, 5) is 0.152. The van der Waals surface area contributed by atoms with Crippen LogP contribution in [0, 0.1) is 0 Å². The lowest BCUT2D eigenvalue weighted by Crippen LogP contribution is -2.31. The molecule has 16 heavy (non-hydrogen) atoms. The second-order valence-corrected chi connectivity index (χ2v) is 5.19. The molecule has 0 heterocycles. The van der Waals surface area contributed by atoms with Gasteiger partial charge in [-0.1, -0.05) is 25.1 Å². The summed E-state index contributed by atoms with van der Waals surface area (Å²) >= 11 is 0. The molecule has 0 aliphatic heterocycles. The number of para-hydroxylation sites is 1. The zero-order valence-corrected chi connectivity index (χ0v) is 10.1. The van der Waals surface area contributed by atoms with Crippen molar-refractivity contribution in [2.75, 3.05) is 18.8 Å². The maximum atomic E-state index is 12.2. The first-order valence-corrected chi connectivity index (χ1v) is 6.43. The van der Waals surface area contributed by atoms with Crippen LogP contribution in [0.25, 0.3) is 0 Å². The Morgan fingerprint density at radius 3 is 2.56 bits per heavy atom. The summed E-state index contributed by atoms with van der Waals surface area (Å²) in [6.07, 6.45) is 1.56. The summed E-state index contributed by atoms with van der Waals surface area (Å²) in [7, 11) is -3.51. The highest BCUT2D eigenvalue weighted by atomic mass is 32.2. The third-order valence-corrected chi connectivity index (χ3v) is 4.24. The van der Waals surface area contributed by atoms with Crippen LogP contribution in [0.2, 0.25) is 0 Å². The number of sulfonamides is 1. The first-order chi connectivity index (χ1) is 7.54. The molecule has 1 aromatic carbocycles. The maximum Gasteiger partial charge on any atom is 0.245 e. The highest BCUT2D eigenvalue weighted by molar-refractivity contribution is 7.89. The molecule has 88 valence electrons. The zero-order valence-electron chi connectivity index (χ0n) is 9.26. The van der Waals surface area contributed by atoms with E-state index in [1.807, 2.05) is 0 Å². The number of nitrogen functional groups attached to an aromatic ring is 1. The number of hydrogen-bond donors (Lipinski definition) is 1. The minimum Gasteiger partial charge on any atom is -0.398 e. The van der Waals surface area contributed by atoms with Gasteiger partial charge in [-0.05, 0) is 12.1 Å². The Morgan fingerprint density at radius 2 is 2.06 bits per heavy atom. The summed E-state index contributed by atoms with van der Waals surface area (Å²) in [6, 6.07) is 6.45. The van der Waals surface area contributed by atoms with E-state index in [4.69, 9.17) is 5.73 Å². The van der Waals surface area contributed by atoms with Gasteiger partial charge < -0.3 is 5.73 Å². The standard InChI is InChI=1S/C11H16N2O2S/c1-3-9-13(4-2)16(14,15)11-8-6-5-7-10(11)12/h3,5-8H,1,4,9,12H2,2H3. The van der Waals surface area contributed by atoms with Crippen LogP contribution >= 0.6 is 0 Å². The molecule has 0 aromatic heterocycles. The average molecular weight is 240 g/mol. The van der Waals surface area contributed by atoms with Gasteiger partial charge in [0.05, 0.1) is 5.69 Å². The topological polar surface area (TPSA) is 63.4 Å². The van der Waals surface area contributed by atoms with Crippen LogP contribution in [0.15, 0.2) is 41.8 Å². The number of nitrogens with two attached hydrogens (primary N) is 1. The SMILES string of the molecule is C=CCN(CC)S(=O)(=O)c1ccccc1N. The van der Waals surface area contributed by atoms with E-state index in [1.165, 1.54) is 10.4 Å². The van der Waals surface area contributed by atoms with Crippen LogP contribution in [0.5, 0.6) is 0 Å². The van der Waals surface area contributed by atoms with Gasteiger partial charge in [-0.15, -0.1) is 6.58 Å². The summed E-state index contributed by atoms with van der Waals surface area (Å²) < 4.78 is 25.7. The number of nitrogens with zero attached hydrogens (tertiary/aromatic N) is 1. The van der Waals surface area contributed by atoms with E-state index < -0.39 is 10.0 Å². The monoisotopic (exact) mass is 240 g/mol. The highest BCUT2D eigenvalue weighted by Crippen LogP contribution is 2.21. The van der Waals surface area contributed by atoms with Gasteiger partial charge in [0.1, 0.15) is 4.90 Å². The lowest BCUT2D eigenvalue weighted by atomic mass is 10.3. The van der Waals surface area contributed by atoms with Gasteiger partial charge in [-0.2, -0.15) is 4.31 Å². The fourth-order valence-electron chi connectivity index (χ4n) is 1.40. The number of anilines is 1. The molecule has 0 aliphatic rings. The Kier molecular flexibility index (Phi) is 4.09. The van der Waals surface area contributed by atoms with Crippen molar-refractivity contribution in [2.45, 2.75) is 11.8 Å². The Hall–Kier alpha value is -1.33. The van der Waals surface area contributed by atoms with Crippen molar-refractivity contribution >= 4 is 15.7 Å². The molecule has 1 aromatic rings. The molecule has 0 radical (unpaired) electrons. The molecule has 0 saturated heterocycles. The molecule has 4 nitrogen and oxygen atoms in total. The smallest absolute Gasteiger partial charge is 0.245 e. The first-order valence-electron chi connectivity index (χ1n) is 4.99. The molecule has 0 unspecified atom stereocenters. The van der Waals surface area contributed by atoms with Crippen LogP contribution in [0.4, 0.5) is 5.69 Å². The van der Waals surface area contributed by atoms with Crippen LogP contribution in [0.3, 0.4) is 0 Å². The van der Waals surface area contributed by atoms with Gasteiger partial charge in [0.25, 0.3) is 0 Å². The van der Waals surface area contributed by atoms with Gasteiger partial charge in [-0.3, -0.25) is 0 Å². The molecule has 0 amide bonds. The van der Waals surface area contributed by atoms with Crippen molar-refractivity contribution in [3.63, 3.8) is 0 Å². The Labute approximate surface area is 96.4 Å². The lowest BCUT2D eigenvalue weighted by Gasteiger charge is -2.19. The molecule has 2 N–H and O–H groups in total. The van der Waals surface area contributed by atoms with Crippen LogP contribution in [-0.4, -0.2) is 25.8 Å². The molecule has 5 heteroatoms. The van der Waals surface area contributed by atoms with Crippen LogP contribution < -0.4 is 5.73 Å². The Bertz CT molecular complexity index is 469. The third-order valence-electron chi connectivity index (χ3n) is 2.22. The zero-order chi connectivity index (χ0) is 12.2. The van der Waals surface area contributed by atoms with Crippen molar-refractivity contribution in [1.82, 2.24) is 4.31 Å². The number of rotatable bonds is 5. The van der Waals surface area contributed by atoms with Crippen molar-refractivity contribution in [1.29, 1.82) is 0 Å². The molecule has 0 spiro atoms. The van der Waals surface area contributed by atoms with E-state index in [-0.39, 0.29) is 17.1 Å². The van der Waals surface area contributed by atoms with Crippen molar-refractivity contribution < 1.29 is 8.42 Å². The molecule has 0 aliphatic carbocycles. The normalized spacial score (nSPS) is 11.6. The van der Waals surface area contributed by atoms with E-state index in [0.717, 1.165) is 0 Å². The molecule has 0 fully saturated rings. The van der Waals surface area contributed by atoms with Gasteiger partial charge >= 0.3 is 0 Å². The fraction of sp³-hybridized carbons (Fsp3) is 0.273. The third kappa shape index (κ3) is 2.43. The first kappa shape index (κ1) is 12.7. The average Bonchev–Trinajstić information content (AvgIpc) is 2.26. The van der Waals surface area contributed by atoms with Gasteiger partial charge in [0.2, 0.25) is 10.0 Å². The molecule has 0 saturated carbocycles. The minimum atomic E-state index is -3.51. The van der Waals surface area contributed by atoms with Crippen molar-refractivity contribution in [3.05, 3.63) is 36.9 Å². The maximum absolute atomic E-state index is 12.2. The Balaban J connectivity index is 3.20. The van der Waals surface area contributed by atoms with Gasteiger partial charge in [0, 0.05) is 13.1 Å². The highest BCUT2D eigenvalue weighted by Gasteiger charge is 2.23. The van der Waals surface area contributed by atoms with Crippen LogP contribution in [0.1, 0.15) is 6.92 Å². The largest absolute Gasteiger partial charge is 0.398 e. The minimum absolute atomic E-state index is 0.152. The predicted octanol–water partition coefficient (Wildman–Crippen LogP) is 1.47. The van der Waals surface area contributed by atoms with Gasteiger partial charge in [0.15, 0.2) is 0 Å². The molecular formula is C11H16N2O2S. The van der Waals surface area contributed by atoms with E-state index in [0.29, 0.717) is 6.54 Å². The van der Waals surface area contributed by atoms with E-state index in [9.17, 15) is 8.42 Å². The quantitative estimate of drug-likeness (QED) is 0.626. The molecule has 0 atom stereocenters. The summed E-state index contributed by atoms with van der Waals surface area (Å²) in [5.41, 5.74) is 5.93. The van der Waals surface area contributed by atoms with E-state index in [1.54, 1.807) is 31.2 Å². The van der Waals surface area contributed by atoms with E-state index in [2.05, 4.69) is 6.58 Å². The predicted molar refractivity (Wildman–Crippen MR) is 65.5 cm³/mol. The summed E-state index contributed by atoms with van der Waals surface area (Å²) in [6.45, 7) is 6.00. The second-order valence-electron chi connectivity index (χ2n) is 3.28. The lowest BCUT2D eigenvalue weighted by molar-refractivity contribution is 0.460. The second kappa shape index (κ2) is 5.14. The van der Waals surface area contributed by atoms with Crippen molar-refractivity contribution in [2.24, 2.45) is 0 Å². The Morgan fingerprint density at radius 1 is 1.44 bits per heavy atom. The molecule has 1 rings (SSSR count). The fourth-order valence-corrected chi connectivity index (χ4v) is 2.93. The van der Waals surface area contributed by atoms with E-state index >= 15 is 0 Å². The summed E-state index contributed by atoms with van der Waals surface area (Å²) in [5.74, 6) is 0.